The summed E-state index contributed by atoms with van der Waals surface area (Å²) in [5.41, 5.74) is 1.77. The number of amides is 1. The van der Waals surface area contributed by atoms with Gasteiger partial charge in [0, 0.05) is 25.2 Å². The average Bonchev–Trinajstić information content (AvgIpc) is 2.79. The zero-order valence-electron chi connectivity index (χ0n) is 19.0. The van der Waals surface area contributed by atoms with Gasteiger partial charge in [-0.3, -0.25) is 9.69 Å². The lowest BCUT2D eigenvalue weighted by Gasteiger charge is -2.29. The minimum absolute atomic E-state index is 0.151. The molecule has 0 bridgehead atoms. The fourth-order valence-corrected chi connectivity index (χ4v) is 3.32. The van der Waals surface area contributed by atoms with Crippen LogP contribution in [0, 0.1) is 0 Å². The number of hydrogen-bond acceptors (Lipinski definition) is 7. The van der Waals surface area contributed by atoms with E-state index in [4.69, 9.17) is 5.11 Å². The second-order valence-electron chi connectivity index (χ2n) is 7.98. The maximum absolute atomic E-state index is 12.4. The van der Waals surface area contributed by atoms with Crippen LogP contribution < -0.4 is 10.6 Å². The van der Waals surface area contributed by atoms with Crippen LogP contribution in [0.5, 0.6) is 0 Å². The molecule has 0 saturated carbocycles. The third-order valence-electron chi connectivity index (χ3n) is 5.34. The van der Waals surface area contributed by atoms with Crippen LogP contribution in [-0.2, 0) is 6.42 Å². The maximum atomic E-state index is 12.4. The minimum atomic E-state index is -1.42. The largest absolute Gasteiger partial charge is 0.394 e. The third-order valence-corrected chi connectivity index (χ3v) is 5.34. The molecule has 0 heterocycles. The number of benzene rings is 1. The zero-order valence-corrected chi connectivity index (χ0v) is 19.0. The summed E-state index contributed by atoms with van der Waals surface area (Å²) in [6, 6.07) is 7.55. The predicted molar refractivity (Wildman–Crippen MR) is 122 cm³/mol. The van der Waals surface area contributed by atoms with Gasteiger partial charge in [-0.2, -0.15) is 0 Å². The molecular formula is C23H41N3O5. The van der Waals surface area contributed by atoms with Crippen molar-refractivity contribution < 1.29 is 25.2 Å². The molecule has 3 unspecified atom stereocenters. The van der Waals surface area contributed by atoms with Crippen molar-refractivity contribution in [1.82, 2.24) is 15.5 Å². The summed E-state index contributed by atoms with van der Waals surface area (Å²) in [6.07, 6.45) is 1.18. The molecule has 1 rings (SSSR count). The average molecular weight is 440 g/mol. The number of carbonyl (C=O) groups excluding carboxylic acids is 1. The Morgan fingerprint density at radius 3 is 2.32 bits per heavy atom. The van der Waals surface area contributed by atoms with Crippen molar-refractivity contribution in [3.63, 3.8) is 0 Å². The number of carbonyl (C=O) groups is 1. The Bertz CT molecular complexity index is 599. The van der Waals surface area contributed by atoms with Crippen LogP contribution in [0.4, 0.5) is 0 Å². The lowest BCUT2D eigenvalue weighted by Crippen LogP contribution is -2.47. The van der Waals surface area contributed by atoms with E-state index in [1.807, 2.05) is 36.2 Å². The third kappa shape index (κ3) is 11.0. The second-order valence-corrected chi connectivity index (χ2v) is 7.98. The Morgan fingerprint density at radius 2 is 1.71 bits per heavy atom. The van der Waals surface area contributed by atoms with Gasteiger partial charge in [0.05, 0.1) is 12.7 Å². The zero-order chi connectivity index (χ0) is 23.1. The van der Waals surface area contributed by atoms with Crippen LogP contribution in [-0.4, -0.2) is 95.9 Å². The molecule has 1 aromatic carbocycles. The fraction of sp³-hybridized carbons (Fsp3) is 0.696. The first-order valence-electron chi connectivity index (χ1n) is 11.3. The lowest BCUT2D eigenvalue weighted by molar-refractivity contribution is -0.0840. The molecule has 0 aliphatic heterocycles. The van der Waals surface area contributed by atoms with E-state index in [1.165, 1.54) is 5.56 Å². The summed E-state index contributed by atoms with van der Waals surface area (Å²) in [6.45, 7) is 4.19. The molecule has 3 atom stereocenters. The summed E-state index contributed by atoms with van der Waals surface area (Å²) >= 11 is 0. The van der Waals surface area contributed by atoms with Crippen LogP contribution in [0.2, 0.25) is 0 Å². The molecule has 8 nitrogen and oxygen atoms in total. The highest BCUT2D eigenvalue weighted by molar-refractivity contribution is 5.94. The summed E-state index contributed by atoms with van der Waals surface area (Å²) in [7, 11) is 1.91. The van der Waals surface area contributed by atoms with Gasteiger partial charge in [-0.1, -0.05) is 38.3 Å². The Hall–Kier alpha value is -1.55. The van der Waals surface area contributed by atoms with E-state index in [9.17, 15) is 20.1 Å². The smallest absolute Gasteiger partial charge is 0.251 e. The van der Waals surface area contributed by atoms with Gasteiger partial charge >= 0.3 is 0 Å². The number of rotatable bonds is 17. The Kier molecular flexibility index (Phi) is 14.3. The molecule has 178 valence electrons. The molecule has 0 aliphatic rings. The van der Waals surface area contributed by atoms with Gasteiger partial charge in [-0.05, 0) is 50.7 Å². The summed E-state index contributed by atoms with van der Waals surface area (Å²) in [4.78, 5) is 14.4. The predicted octanol–water partition coefficient (Wildman–Crippen LogP) is 0.136. The molecule has 31 heavy (non-hydrogen) atoms. The molecule has 0 radical (unpaired) electrons. The number of aliphatic hydroxyl groups is 4. The van der Waals surface area contributed by atoms with E-state index < -0.39 is 24.9 Å². The van der Waals surface area contributed by atoms with Crippen molar-refractivity contribution >= 4 is 5.91 Å². The van der Waals surface area contributed by atoms with Crippen molar-refractivity contribution in [2.75, 3.05) is 46.4 Å². The molecule has 0 aromatic heterocycles. The normalized spacial score (nSPS) is 14.4. The Labute approximate surface area is 186 Å². The topological polar surface area (TPSA) is 125 Å². The number of nitrogens with one attached hydrogen (secondary N) is 2. The van der Waals surface area contributed by atoms with Gasteiger partial charge in [-0.25, -0.2) is 0 Å². The molecular weight excluding hydrogens is 398 g/mol. The quantitative estimate of drug-likeness (QED) is 0.191. The molecule has 1 amide bonds. The monoisotopic (exact) mass is 439 g/mol. The first-order valence-corrected chi connectivity index (χ1v) is 11.3. The van der Waals surface area contributed by atoms with Crippen molar-refractivity contribution in [1.29, 1.82) is 0 Å². The van der Waals surface area contributed by atoms with Gasteiger partial charge in [0.1, 0.15) is 12.2 Å². The van der Waals surface area contributed by atoms with Crippen molar-refractivity contribution in [3.05, 3.63) is 35.4 Å². The first kappa shape index (κ1) is 27.5. The van der Waals surface area contributed by atoms with Crippen LogP contribution in [0.15, 0.2) is 24.3 Å². The number of hydrogen-bond donors (Lipinski definition) is 6. The number of aliphatic hydroxyl groups excluding tert-OH is 4. The Morgan fingerprint density at radius 1 is 1.00 bits per heavy atom. The molecule has 6 N–H and O–H groups in total. The number of unbranched alkanes of at least 4 members (excludes halogenated alkanes) is 3. The lowest BCUT2D eigenvalue weighted by atomic mass is 10.1. The highest BCUT2D eigenvalue weighted by Gasteiger charge is 2.25. The number of nitrogens with zero attached hydrogens (tertiary/aromatic N) is 1. The Balaban J connectivity index is 2.54. The van der Waals surface area contributed by atoms with E-state index in [1.54, 1.807) is 0 Å². The van der Waals surface area contributed by atoms with E-state index >= 15 is 0 Å². The molecule has 0 fully saturated rings. The van der Waals surface area contributed by atoms with Gasteiger partial charge in [0.25, 0.3) is 5.91 Å². The number of likely N-dealkylation sites (N-methyl/N-ethyl adjacent to an activating group) is 1. The highest BCUT2D eigenvalue weighted by atomic mass is 16.4. The van der Waals surface area contributed by atoms with Crippen LogP contribution in [0.25, 0.3) is 0 Å². The standard InChI is InChI=1S/C23H41N3O5/c1-3-4-5-6-14-26(16-20(28)22(30)21(29)17-27)15-13-25-23(31)19-9-7-18(8-10-19)11-12-24-2/h7-10,20-22,24,27-30H,3-6,11-17H2,1-2H3,(H,25,31). The van der Waals surface area contributed by atoms with Crippen LogP contribution >= 0.6 is 0 Å². The summed E-state index contributed by atoms with van der Waals surface area (Å²) in [5.74, 6) is -0.151. The molecule has 0 spiro atoms. The van der Waals surface area contributed by atoms with Gasteiger partial charge < -0.3 is 31.1 Å². The first-order chi connectivity index (χ1) is 14.9. The second kappa shape index (κ2) is 16.1. The van der Waals surface area contributed by atoms with E-state index in [2.05, 4.69) is 17.6 Å². The summed E-state index contributed by atoms with van der Waals surface area (Å²) in [5, 5.41) is 44.7. The molecule has 0 aliphatic carbocycles. The maximum Gasteiger partial charge on any atom is 0.251 e. The SMILES string of the molecule is CCCCCCN(CCNC(=O)c1ccc(CCNC)cc1)CC(O)C(O)C(O)CO. The van der Waals surface area contributed by atoms with E-state index in [0.29, 0.717) is 18.7 Å². The highest BCUT2D eigenvalue weighted by Crippen LogP contribution is 2.07. The van der Waals surface area contributed by atoms with E-state index in [-0.39, 0.29) is 12.5 Å². The molecule has 1 aromatic rings. The fourth-order valence-electron chi connectivity index (χ4n) is 3.32. The van der Waals surface area contributed by atoms with Crippen LogP contribution in [0.3, 0.4) is 0 Å². The molecule has 8 heteroatoms. The van der Waals surface area contributed by atoms with Crippen LogP contribution in [0.1, 0.15) is 48.5 Å². The van der Waals surface area contributed by atoms with Gasteiger partial charge in [0.15, 0.2) is 0 Å². The van der Waals surface area contributed by atoms with Crippen molar-refractivity contribution in [2.24, 2.45) is 0 Å². The van der Waals surface area contributed by atoms with Crippen molar-refractivity contribution in [2.45, 2.75) is 57.3 Å². The van der Waals surface area contributed by atoms with Crippen molar-refractivity contribution in [3.8, 4) is 0 Å². The minimum Gasteiger partial charge on any atom is -0.394 e. The summed E-state index contributed by atoms with van der Waals surface area (Å²) < 4.78 is 0. The van der Waals surface area contributed by atoms with Gasteiger partial charge in [-0.15, -0.1) is 0 Å². The molecule has 0 saturated heterocycles. The van der Waals surface area contributed by atoms with E-state index in [0.717, 1.165) is 45.2 Å². The van der Waals surface area contributed by atoms with Gasteiger partial charge in [0.2, 0.25) is 0 Å².